The van der Waals surface area contributed by atoms with E-state index in [0.717, 1.165) is 24.5 Å². The lowest BCUT2D eigenvalue weighted by atomic mass is 10.2. The van der Waals surface area contributed by atoms with Crippen LogP contribution in [0.2, 0.25) is 0 Å². The molecule has 2 aromatic rings. The van der Waals surface area contributed by atoms with Crippen LogP contribution in [0, 0.1) is 10.1 Å². The van der Waals surface area contributed by atoms with Gasteiger partial charge in [0.15, 0.2) is 12.4 Å². The lowest BCUT2D eigenvalue weighted by Crippen LogP contribution is -2.31. The predicted octanol–water partition coefficient (Wildman–Crippen LogP) is 2.42. The maximum atomic E-state index is 12.7. The molecule has 2 aromatic carbocycles. The number of amides is 1. The first-order valence-electron chi connectivity index (χ1n) is 9.48. The number of ether oxygens (including phenoxy) is 1. The molecule has 0 bridgehead atoms. The van der Waals surface area contributed by atoms with E-state index in [1.165, 1.54) is 21.3 Å². The van der Waals surface area contributed by atoms with Crippen LogP contribution in [-0.2, 0) is 21.4 Å². The van der Waals surface area contributed by atoms with Gasteiger partial charge in [0.1, 0.15) is 0 Å². The van der Waals surface area contributed by atoms with Gasteiger partial charge in [-0.05, 0) is 30.5 Å². The summed E-state index contributed by atoms with van der Waals surface area (Å²) in [6.45, 7) is 0.772. The van der Waals surface area contributed by atoms with Crippen molar-refractivity contribution in [2.75, 3.05) is 26.7 Å². The number of benzene rings is 2. The lowest BCUT2D eigenvalue weighted by molar-refractivity contribution is -0.386. The molecule has 1 fully saturated rings. The molecule has 0 spiro atoms. The molecule has 0 radical (unpaired) electrons. The Balaban J connectivity index is 1.71. The third-order valence-electron chi connectivity index (χ3n) is 4.87. The highest BCUT2D eigenvalue weighted by atomic mass is 32.2. The quantitative estimate of drug-likeness (QED) is 0.467. The highest BCUT2D eigenvalue weighted by Crippen LogP contribution is 2.31. The average molecular weight is 433 g/mol. The van der Waals surface area contributed by atoms with Gasteiger partial charge in [0.25, 0.3) is 5.91 Å². The molecule has 0 saturated carbocycles. The third kappa shape index (κ3) is 4.95. The minimum Gasteiger partial charge on any atom is -0.477 e. The standard InChI is InChI=1S/C20H23N3O6S/c1-21(14-16-7-3-2-4-8-16)20(24)15-29-19-10-9-17(13-18(19)23(25)26)30(27,28)22-11-5-6-12-22/h2-4,7-10,13H,5-6,11-12,14-15H2,1H3. The minimum atomic E-state index is -3.79. The zero-order valence-corrected chi connectivity index (χ0v) is 17.4. The summed E-state index contributed by atoms with van der Waals surface area (Å²) < 4.78 is 32.0. The molecule has 1 aliphatic rings. The number of nitrogens with zero attached hydrogens (tertiary/aromatic N) is 3. The van der Waals surface area contributed by atoms with Gasteiger partial charge in [-0.15, -0.1) is 0 Å². The summed E-state index contributed by atoms with van der Waals surface area (Å²) in [6.07, 6.45) is 1.53. The van der Waals surface area contributed by atoms with E-state index in [1.54, 1.807) is 7.05 Å². The Labute approximate surface area is 175 Å². The van der Waals surface area contributed by atoms with Gasteiger partial charge in [-0.25, -0.2) is 8.42 Å². The van der Waals surface area contributed by atoms with Gasteiger partial charge >= 0.3 is 5.69 Å². The van der Waals surface area contributed by atoms with Crippen LogP contribution < -0.4 is 4.74 Å². The first-order chi connectivity index (χ1) is 14.3. The van der Waals surface area contributed by atoms with Gasteiger partial charge < -0.3 is 9.64 Å². The largest absolute Gasteiger partial charge is 0.477 e. The summed E-state index contributed by atoms with van der Waals surface area (Å²) in [4.78, 5) is 24.4. The molecule has 9 nitrogen and oxygen atoms in total. The van der Waals surface area contributed by atoms with Crippen LogP contribution in [0.3, 0.4) is 0 Å². The number of nitro benzene ring substituents is 1. The van der Waals surface area contributed by atoms with Gasteiger partial charge in [-0.2, -0.15) is 4.31 Å². The van der Waals surface area contributed by atoms with Crippen LogP contribution in [0.1, 0.15) is 18.4 Å². The van der Waals surface area contributed by atoms with Gasteiger partial charge in [-0.3, -0.25) is 14.9 Å². The molecule has 1 amide bonds. The monoisotopic (exact) mass is 433 g/mol. The summed E-state index contributed by atoms with van der Waals surface area (Å²) >= 11 is 0. The molecule has 10 heteroatoms. The summed E-state index contributed by atoms with van der Waals surface area (Å²) in [7, 11) is -2.18. The molecule has 1 saturated heterocycles. The molecule has 0 aliphatic carbocycles. The highest BCUT2D eigenvalue weighted by Gasteiger charge is 2.30. The van der Waals surface area contributed by atoms with E-state index in [1.807, 2.05) is 30.3 Å². The molecule has 0 N–H and O–H groups in total. The molecule has 0 unspecified atom stereocenters. The van der Waals surface area contributed by atoms with E-state index >= 15 is 0 Å². The smallest absolute Gasteiger partial charge is 0.312 e. The Kier molecular flexibility index (Phi) is 6.68. The molecule has 0 aromatic heterocycles. The normalized spacial score (nSPS) is 14.4. The summed E-state index contributed by atoms with van der Waals surface area (Å²) in [6, 6.07) is 12.9. The minimum absolute atomic E-state index is 0.151. The van der Waals surface area contributed by atoms with Crippen molar-refractivity contribution in [3.05, 3.63) is 64.2 Å². The number of nitro groups is 1. The second-order valence-electron chi connectivity index (χ2n) is 7.02. The Morgan fingerprint density at radius 2 is 1.83 bits per heavy atom. The zero-order chi connectivity index (χ0) is 21.7. The van der Waals surface area contributed by atoms with Crippen molar-refractivity contribution >= 4 is 21.6 Å². The van der Waals surface area contributed by atoms with Crippen LogP contribution in [0.5, 0.6) is 5.75 Å². The molecule has 3 rings (SSSR count). The molecular formula is C20H23N3O6S. The van der Waals surface area contributed by atoms with Crippen molar-refractivity contribution in [3.8, 4) is 5.75 Å². The molecule has 1 heterocycles. The fraction of sp³-hybridized carbons (Fsp3) is 0.350. The average Bonchev–Trinajstić information content (AvgIpc) is 3.28. The Bertz CT molecular complexity index is 1020. The van der Waals surface area contributed by atoms with E-state index in [4.69, 9.17) is 4.74 Å². The van der Waals surface area contributed by atoms with Crippen molar-refractivity contribution in [1.29, 1.82) is 0 Å². The number of hydrogen-bond donors (Lipinski definition) is 0. The van der Waals surface area contributed by atoms with Gasteiger partial charge in [-0.1, -0.05) is 30.3 Å². The maximum absolute atomic E-state index is 12.7. The van der Waals surface area contributed by atoms with Gasteiger partial charge in [0.05, 0.1) is 9.82 Å². The highest BCUT2D eigenvalue weighted by molar-refractivity contribution is 7.89. The zero-order valence-electron chi connectivity index (χ0n) is 16.6. The lowest BCUT2D eigenvalue weighted by Gasteiger charge is -2.18. The van der Waals surface area contributed by atoms with Crippen LogP contribution in [0.25, 0.3) is 0 Å². The maximum Gasteiger partial charge on any atom is 0.312 e. The summed E-state index contributed by atoms with van der Waals surface area (Å²) in [5.74, 6) is -0.510. The number of rotatable bonds is 8. The Morgan fingerprint density at radius 1 is 1.17 bits per heavy atom. The second kappa shape index (κ2) is 9.23. The number of carbonyl (C=O) groups excluding carboxylic acids is 1. The fourth-order valence-corrected chi connectivity index (χ4v) is 4.73. The molecular weight excluding hydrogens is 410 g/mol. The van der Waals surface area contributed by atoms with Crippen LogP contribution >= 0.6 is 0 Å². The number of likely N-dealkylation sites (N-methyl/N-ethyl adjacent to an activating group) is 1. The van der Waals surface area contributed by atoms with E-state index < -0.39 is 27.2 Å². The third-order valence-corrected chi connectivity index (χ3v) is 6.76. The van der Waals surface area contributed by atoms with Crippen LogP contribution in [-0.4, -0.2) is 55.2 Å². The van der Waals surface area contributed by atoms with Gasteiger partial charge in [0, 0.05) is 32.7 Å². The summed E-state index contributed by atoms with van der Waals surface area (Å²) in [5.41, 5.74) is 0.449. The van der Waals surface area contributed by atoms with Crippen molar-refractivity contribution in [2.45, 2.75) is 24.3 Å². The van der Waals surface area contributed by atoms with Crippen molar-refractivity contribution in [2.24, 2.45) is 0 Å². The van der Waals surface area contributed by atoms with Crippen molar-refractivity contribution in [1.82, 2.24) is 9.21 Å². The molecule has 0 atom stereocenters. The Morgan fingerprint density at radius 3 is 2.47 bits per heavy atom. The van der Waals surface area contributed by atoms with Crippen molar-refractivity contribution in [3.63, 3.8) is 0 Å². The molecule has 1 aliphatic heterocycles. The van der Waals surface area contributed by atoms with Gasteiger partial charge in [0.2, 0.25) is 10.0 Å². The fourth-order valence-electron chi connectivity index (χ4n) is 3.20. The second-order valence-corrected chi connectivity index (χ2v) is 8.96. The van der Waals surface area contributed by atoms with E-state index in [2.05, 4.69) is 0 Å². The van der Waals surface area contributed by atoms with Crippen molar-refractivity contribution < 1.29 is 22.9 Å². The van der Waals surface area contributed by atoms with E-state index in [0.29, 0.717) is 19.6 Å². The summed E-state index contributed by atoms with van der Waals surface area (Å²) in [5, 5.41) is 11.5. The van der Waals surface area contributed by atoms with E-state index in [9.17, 15) is 23.3 Å². The molecule has 30 heavy (non-hydrogen) atoms. The van der Waals surface area contributed by atoms with Crippen LogP contribution in [0.15, 0.2) is 53.4 Å². The Hall–Kier alpha value is -2.98. The SMILES string of the molecule is CN(Cc1ccccc1)C(=O)COc1ccc(S(=O)(=O)N2CCCC2)cc1[N+](=O)[O-]. The number of carbonyl (C=O) groups is 1. The topological polar surface area (TPSA) is 110 Å². The van der Waals surface area contributed by atoms with E-state index in [-0.39, 0.29) is 16.6 Å². The van der Waals surface area contributed by atoms with Crippen LogP contribution in [0.4, 0.5) is 5.69 Å². The predicted molar refractivity (Wildman–Crippen MR) is 110 cm³/mol. The molecule has 160 valence electrons. The first-order valence-corrected chi connectivity index (χ1v) is 10.9. The first kappa shape index (κ1) is 21.7. The number of sulfonamides is 1. The number of hydrogen-bond acceptors (Lipinski definition) is 6.